The van der Waals surface area contributed by atoms with Crippen LogP contribution in [-0.4, -0.2) is 45.4 Å². The van der Waals surface area contributed by atoms with E-state index in [0.29, 0.717) is 5.56 Å². The number of hydrogen-bond donors (Lipinski definition) is 1. The molecule has 0 spiro atoms. The summed E-state index contributed by atoms with van der Waals surface area (Å²) in [7, 11) is 0.668. The van der Waals surface area contributed by atoms with Crippen LogP contribution in [0.5, 0.6) is 5.75 Å². The third-order valence-corrected chi connectivity index (χ3v) is 8.44. The maximum absolute atomic E-state index is 13.0. The summed E-state index contributed by atoms with van der Waals surface area (Å²) < 4.78 is 31.6. The molecule has 5 rings (SSSR count). The van der Waals surface area contributed by atoms with Gasteiger partial charge in [0.25, 0.3) is 5.91 Å². The molecule has 6 nitrogen and oxygen atoms in total. The zero-order valence-corrected chi connectivity index (χ0v) is 17.0. The molecule has 4 aliphatic rings. The predicted octanol–water partition coefficient (Wildman–Crippen LogP) is 2.64. The minimum absolute atomic E-state index is 0.0214. The van der Waals surface area contributed by atoms with Crippen LogP contribution in [0.2, 0.25) is 0 Å². The Morgan fingerprint density at radius 3 is 2.15 bits per heavy atom. The van der Waals surface area contributed by atoms with Gasteiger partial charge in [0.15, 0.2) is 0 Å². The van der Waals surface area contributed by atoms with Crippen molar-refractivity contribution in [1.82, 2.24) is 9.62 Å². The highest BCUT2D eigenvalue weighted by Crippen LogP contribution is 2.55. The van der Waals surface area contributed by atoms with Crippen molar-refractivity contribution >= 4 is 15.9 Å². The van der Waals surface area contributed by atoms with Crippen LogP contribution in [0.3, 0.4) is 0 Å². The van der Waals surface area contributed by atoms with Crippen molar-refractivity contribution in [2.45, 2.75) is 49.0 Å². The molecule has 1 N–H and O–H groups in total. The zero-order valence-electron chi connectivity index (χ0n) is 16.2. The Labute approximate surface area is 161 Å². The molecule has 0 atom stereocenters. The third kappa shape index (κ3) is 3.25. The van der Waals surface area contributed by atoms with Gasteiger partial charge >= 0.3 is 0 Å². The molecule has 4 saturated carbocycles. The van der Waals surface area contributed by atoms with E-state index in [4.69, 9.17) is 4.74 Å². The van der Waals surface area contributed by atoms with E-state index in [-0.39, 0.29) is 22.1 Å². The third-order valence-electron chi connectivity index (χ3n) is 6.60. The number of nitrogens with one attached hydrogen (secondary N) is 1. The van der Waals surface area contributed by atoms with Crippen molar-refractivity contribution in [3.8, 4) is 5.75 Å². The summed E-state index contributed by atoms with van der Waals surface area (Å²) in [4.78, 5) is 13.0. The van der Waals surface area contributed by atoms with Crippen molar-refractivity contribution in [2.75, 3.05) is 21.2 Å². The number of sulfonamides is 1. The molecule has 4 aliphatic carbocycles. The van der Waals surface area contributed by atoms with Crippen LogP contribution >= 0.6 is 0 Å². The average Bonchev–Trinajstić information content (AvgIpc) is 2.59. The quantitative estimate of drug-likeness (QED) is 0.836. The first-order valence-corrected chi connectivity index (χ1v) is 11.1. The number of hydrogen-bond acceptors (Lipinski definition) is 4. The second-order valence-corrected chi connectivity index (χ2v) is 10.9. The highest BCUT2D eigenvalue weighted by atomic mass is 32.2. The summed E-state index contributed by atoms with van der Waals surface area (Å²) in [5.41, 5.74) is 0.263. The van der Waals surface area contributed by atoms with Gasteiger partial charge in [-0.2, -0.15) is 0 Å². The normalized spacial score (nSPS) is 31.9. The van der Waals surface area contributed by atoms with Gasteiger partial charge in [0.05, 0.1) is 7.11 Å². The molecule has 1 amide bonds. The molecule has 4 fully saturated rings. The lowest BCUT2D eigenvalue weighted by Crippen LogP contribution is -2.59. The monoisotopic (exact) mass is 392 g/mol. The molecule has 0 heterocycles. The van der Waals surface area contributed by atoms with E-state index in [1.54, 1.807) is 12.1 Å². The Bertz CT molecular complexity index is 827. The first kappa shape index (κ1) is 18.7. The molecular weight excluding hydrogens is 364 g/mol. The zero-order chi connectivity index (χ0) is 19.4. The molecular formula is C20H28N2O4S. The topological polar surface area (TPSA) is 75.7 Å². The van der Waals surface area contributed by atoms with Crippen LogP contribution < -0.4 is 10.1 Å². The number of methoxy groups -OCH3 is 1. The van der Waals surface area contributed by atoms with Crippen LogP contribution in [-0.2, 0) is 10.0 Å². The van der Waals surface area contributed by atoms with Gasteiger partial charge in [0, 0.05) is 25.2 Å². The maximum Gasteiger partial charge on any atom is 0.251 e. The molecule has 4 bridgehead atoms. The first-order chi connectivity index (χ1) is 12.7. The molecule has 1 aromatic rings. The van der Waals surface area contributed by atoms with E-state index in [1.807, 2.05) is 0 Å². The Morgan fingerprint density at radius 2 is 1.67 bits per heavy atom. The van der Waals surface area contributed by atoms with Crippen LogP contribution in [0.15, 0.2) is 23.1 Å². The summed E-state index contributed by atoms with van der Waals surface area (Å²) in [5, 5.41) is 3.30. The van der Waals surface area contributed by atoms with Gasteiger partial charge in [-0.05, 0) is 74.5 Å². The highest BCUT2D eigenvalue weighted by molar-refractivity contribution is 7.89. The van der Waals surface area contributed by atoms with E-state index >= 15 is 0 Å². The fraction of sp³-hybridized carbons (Fsp3) is 0.650. The summed E-state index contributed by atoms with van der Waals surface area (Å²) in [6.45, 7) is 0. The summed E-state index contributed by atoms with van der Waals surface area (Å²) in [5.74, 6) is 2.26. The maximum atomic E-state index is 13.0. The van der Waals surface area contributed by atoms with Gasteiger partial charge in [0.1, 0.15) is 10.6 Å². The van der Waals surface area contributed by atoms with Gasteiger partial charge in [-0.3, -0.25) is 4.79 Å². The highest BCUT2D eigenvalue weighted by Gasteiger charge is 2.51. The second kappa shape index (κ2) is 6.48. The molecule has 0 saturated heterocycles. The molecule has 1 aromatic carbocycles. The number of ether oxygens (including phenoxy) is 1. The van der Waals surface area contributed by atoms with E-state index in [2.05, 4.69) is 5.32 Å². The van der Waals surface area contributed by atoms with Crippen LogP contribution in [0.4, 0.5) is 0 Å². The van der Waals surface area contributed by atoms with Crippen molar-refractivity contribution in [3.05, 3.63) is 23.8 Å². The Balaban J connectivity index is 1.61. The van der Waals surface area contributed by atoms with E-state index in [1.165, 1.54) is 46.5 Å². The number of amides is 1. The molecule has 0 aromatic heterocycles. The minimum atomic E-state index is -3.70. The van der Waals surface area contributed by atoms with Crippen molar-refractivity contribution in [1.29, 1.82) is 0 Å². The summed E-state index contributed by atoms with van der Waals surface area (Å²) >= 11 is 0. The molecule has 148 valence electrons. The van der Waals surface area contributed by atoms with Crippen LogP contribution in [0.25, 0.3) is 0 Å². The predicted molar refractivity (Wildman–Crippen MR) is 102 cm³/mol. The van der Waals surface area contributed by atoms with Crippen LogP contribution in [0.1, 0.15) is 48.9 Å². The molecule has 0 radical (unpaired) electrons. The standard InChI is InChI=1S/C20H28N2O4S/c1-22(2)27(24,25)18-9-16(4-5-17(18)26-3)19(23)21-20-10-13-6-14(11-20)8-15(7-13)12-20/h4-5,9,13-15H,6-8,10-12H2,1-3H3,(H,21,23). The van der Waals surface area contributed by atoms with Gasteiger partial charge < -0.3 is 10.1 Å². The minimum Gasteiger partial charge on any atom is -0.495 e. The van der Waals surface area contributed by atoms with Gasteiger partial charge in [-0.25, -0.2) is 12.7 Å². The van der Waals surface area contributed by atoms with Crippen LogP contribution in [0, 0.1) is 17.8 Å². The van der Waals surface area contributed by atoms with Crippen molar-refractivity contribution in [3.63, 3.8) is 0 Å². The van der Waals surface area contributed by atoms with E-state index < -0.39 is 10.0 Å². The van der Waals surface area contributed by atoms with Gasteiger partial charge in [-0.15, -0.1) is 0 Å². The van der Waals surface area contributed by atoms with E-state index in [9.17, 15) is 13.2 Å². The average molecular weight is 393 g/mol. The van der Waals surface area contributed by atoms with E-state index in [0.717, 1.165) is 41.3 Å². The smallest absolute Gasteiger partial charge is 0.251 e. The largest absolute Gasteiger partial charge is 0.495 e. The fourth-order valence-electron chi connectivity index (χ4n) is 5.79. The van der Waals surface area contributed by atoms with Crippen molar-refractivity contribution < 1.29 is 17.9 Å². The molecule has 0 unspecified atom stereocenters. The molecule has 7 heteroatoms. The number of nitrogens with zero attached hydrogens (tertiary/aromatic N) is 1. The lowest BCUT2D eigenvalue weighted by molar-refractivity contribution is -0.0167. The lowest BCUT2D eigenvalue weighted by atomic mass is 9.53. The SMILES string of the molecule is COc1ccc(C(=O)NC23CC4CC(CC(C4)C2)C3)cc1S(=O)(=O)N(C)C. The molecule has 27 heavy (non-hydrogen) atoms. The number of carbonyl (C=O) groups excluding carboxylic acids is 1. The number of rotatable bonds is 5. The number of carbonyl (C=O) groups is 1. The summed E-state index contributed by atoms with van der Waals surface area (Å²) in [6.07, 6.45) is 7.10. The molecule has 0 aliphatic heterocycles. The van der Waals surface area contributed by atoms with Gasteiger partial charge in [0.2, 0.25) is 10.0 Å². The van der Waals surface area contributed by atoms with Gasteiger partial charge in [-0.1, -0.05) is 0 Å². The lowest BCUT2D eigenvalue weighted by Gasteiger charge is -2.56. The Kier molecular flexibility index (Phi) is 4.50. The Morgan fingerprint density at radius 1 is 1.11 bits per heavy atom. The van der Waals surface area contributed by atoms with Crippen molar-refractivity contribution in [2.24, 2.45) is 17.8 Å². The first-order valence-electron chi connectivity index (χ1n) is 9.65. The fourth-order valence-corrected chi connectivity index (χ4v) is 6.87. The summed E-state index contributed by atoms with van der Waals surface area (Å²) in [6, 6.07) is 4.64. The second-order valence-electron chi connectivity index (χ2n) is 8.81. The number of benzene rings is 1. The Hall–Kier alpha value is -1.60.